The summed E-state index contributed by atoms with van der Waals surface area (Å²) >= 11 is 0. The number of halogens is 2. The van der Waals surface area contributed by atoms with Gasteiger partial charge in [0.25, 0.3) is 0 Å². The summed E-state index contributed by atoms with van der Waals surface area (Å²) < 4.78 is 26.4. The largest absolute Gasteiger partial charge is 0.292 e. The highest BCUT2D eigenvalue weighted by atomic mass is 19.1. The maximum Gasteiger partial charge on any atom is 0.182 e. The lowest BCUT2D eigenvalue weighted by Gasteiger charge is -2.39. The molecule has 0 atom stereocenters. The van der Waals surface area contributed by atoms with Crippen LogP contribution in [0.15, 0.2) is 18.2 Å². The number of hydrogen-bond acceptors (Lipinski definition) is 2. The predicted molar refractivity (Wildman–Crippen MR) is 70.2 cm³/mol. The van der Waals surface area contributed by atoms with E-state index in [1.807, 2.05) is 13.8 Å². The number of piperidine rings is 1. The van der Waals surface area contributed by atoms with Crippen LogP contribution in [0.3, 0.4) is 0 Å². The van der Waals surface area contributed by atoms with Gasteiger partial charge < -0.3 is 0 Å². The summed E-state index contributed by atoms with van der Waals surface area (Å²) in [7, 11) is 0. The van der Waals surface area contributed by atoms with E-state index in [0.717, 1.165) is 44.1 Å². The molecule has 1 aromatic carbocycles. The molecule has 0 spiro atoms. The summed E-state index contributed by atoms with van der Waals surface area (Å²) in [5, 5.41) is 0. The van der Waals surface area contributed by atoms with Gasteiger partial charge in [0.05, 0.1) is 5.54 Å². The van der Waals surface area contributed by atoms with Crippen LogP contribution >= 0.6 is 0 Å². The Labute approximate surface area is 112 Å². The second-order valence-corrected chi connectivity index (χ2v) is 5.59. The van der Waals surface area contributed by atoms with Gasteiger partial charge in [-0.3, -0.25) is 9.69 Å². The number of rotatable bonds is 3. The van der Waals surface area contributed by atoms with Gasteiger partial charge in [0.2, 0.25) is 0 Å². The van der Waals surface area contributed by atoms with Gasteiger partial charge in [-0.25, -0.2) is 8.78 Å². The van der Waals surface area contributed by atoms with E-state index in [-0.39, 0.29) is 11.3 Å². The molecule has 1 saturated heterocycles. The highest BCUT2D eigenvalue weighted by Gasteiger charge is 2.35. The highest BCUT2D eigenvalue weighted by molar-refractivity contribution is 6.02. The first kappa shape index (κ1) is 14.1. The number of benzene rings is 1. The van der Waals surface area contributed by atoms with Crippen LogP contribution in [0.2, 0.25) is 0 Å². The quantitative estimate of drug-likeness (QED) is 0.782. The van der Waals surface area contributed by atoms with E-state index in [1.54, 1.807) is 0 Å². The zero-order chi connectivity index (χ0) is 14.0. The van der Waals surface area contributed by atoms with E-state index in [1.165, 1.54) is 6.42 Å². The van der Waals surface area contributed by atoms with Crippen LogP contribution in [-0.4, -0.2) is 29.3 Å². The number of nitrogens with zero attached hydrogens (tertiary/aromatic N) is 1. The van der Waals surface area contributed by atoms with Gasteiger partial charge >= 0.3 is 0 Å². The van der Waals surface area contributed by atoms with Gasteiger partial charge in [-0.2, -0.15) is 0 Å². The van der Waals surface area contributed by atoms with Crippen LogP contribution in [0, 0.1) is 11.6 Å². The third kappa shape index (κ3) is 3.00. The zero-order valence-corrected chi connectivity index (χ0v) is 11.4. The number of carbonyl (C=O) groups excluding carboxylic acids is 1. The molecule has 0 radical (unpaired) electrons. The fraction of sp³-hybridized carbons (Fsp3) is 0.533. The van der Waals surface area contributed by atoms with Gasteiger partial charge in [0.15, 0.2) is 5.78 Å². The average molecular weight is 267 g/mol. The first-order valence-corrected chi connectivity index (χ1v) is 6.67. The first-order chi connectivity index (χ1) is 8.91. The minimum atomic E-state index is -0.722. The van der Waals surface area contributed by atoms with E-state index in [0.29, 0.717) is 0 Å². The summed E-state index contributed by atoms with van der Waals surface area (Å²) in [6.45, 7) is 5.36. The molecule has 104 valence electrons. The number of likely N-dealkylation sites (tertiary alicyclic amines) is 1. The molecule has 1 aromatic rings. The Kier molecular flexibility index (Phi) is 3.99. The van der Waals surface area contributed by atoms with Crippen molar-refractivity contribution in [3.05, 3.63) is 35.4 Å². The molecule has 1 aliphatic rings. The second-order valence-electron chi connectivity index (χ2n) is 5.59. The Morgan fingerprint density at radius 2 is 1.58 bits per heavy atom. The summed E-state index contributed by atoms with van der Waals surface area (Å²) in [4.78, 5) is 14.6. The predicted octanol–water partition coefficient (Wildman–Crippen LogP) is 3.41. The standard InChI is InChI=1S/C15H19F2NO/c1-15(2,18-6-4-3-5-7-18)14(19)11-8-12(16)10-13(17)9-11/h8-10H,3-7H2,1-2H3. The average Bonchev–Trinajstić information content (AvgIpc) is 2.37. The second kappa shape index (κ2) is 5.37. The van der Waals surface area contributed by atoms with Crippen LogP contribution in [0.25, 0.3) is 0 Å². The SMILES string of the molecule is CC(C)(C(=O)c1cc(F)cc(F)c1)N1CCCCC1. The van der Waals surface area contributed by atoms with Gasteiger partial charge in [-0.15, -0.1) is 0 Å². The van der Waals surface area contributed by atoms with Gasteiger partial charge in [-0.05, 0) is 51.9 Å². The fourth-order valence-electron chi connectivity index (χ4n) is 2.63. The van der Waals surface area contributed by atoms with E-state index >= 15 is 0 Å². The molecular weight excluding hydrogens is 248 g/mol. The molecule has 1 aliphatic heterocycles. The molecule has 19 heavy (non-hydrogen) atoms. The van der Waals surface area contributed by atoms with Crippen molar-refractivity contribution in [1.29, 1.82) is 0 Å². The van der Waals surface area contributed by atoms with Crippen LogP contribution < -0.4 is 0 Å². The first-order valence-electron chi connectivity index (χ1n) is 6.67. The van der Waals surface area contributed by atoms with Crippen LogP contribution in [-0.2, 0) is 0 Å². The smallest absolute Gasteiger partial charge is 0.182 e. The number of carbonyl (C=O) groups is 1. The maximum absolute atomic E-state index is 13.2. The third-order valence-corrected chi connectivity index (χ3v) is 3.83. The minimum absolute atomic E-state index is 0.105. The number of ketones is 1. The van der Waals surface area contributed by atoms with Crippen molar-refractivity contribution in [3.63, 3.8) is 0 Å². The normalized spacial score (nSPS) is 17.5. The van der Waals surface area contributed by atoms with E-state index < -0.39 is 17.2 Å². The summed E-state index contributed by atoms with van der Waals surface area (Å²) in [6.07, 6.45) is 3.30. The zero-order valence-electron chi connectivity index (χ0n) is 11.4. The van der Waals surface area contributed by atoms with Crippen molar-refractivity contribution in [1.82, 2.24) is 4.90 Å². The number of hydrogen-bond donors (Lipinski definition) is 0. The van der Waals surface area contributed by atoms with Gasteiger partial charge in [-0.1, -0.05) is 6.42 Å². The van der Waals surface area contributed by atoms with Crippen molar-refractivity contribution >= 4 is 5.78 Å². The lowest BCUT2D eigenvalue weighted by atomic mass is 9.89. The Morgan fingerprint density at radius 1 is 1.05 bits per heavy atom. The van der Waals surface area contributed by atoms with Crippen LogP contribution in [0.1, 0.15) is 43.5 Å². The lowest BCUT2D eigenvalue weighted by molar-refractivity contribution is 0.0578. The molecule has 0 N–H and O–H groups in total. The molecule has 1 fully saturated rings. The summed E-state index contributed by atoms with van der Waals surface area (Å²) in [6, 6.07) is 3.00. The molecule has 1 heterocycles. The Bertz CT molecular complexity index is 459. The van der Waals surface area contributed by atoms with Crippen LogP contribution in [0.4, 0.5) is 8.78 Å². The Hall–Kier alpha value is -1.29. The molecule has 0 aliphatic carbocycles. The molecule has 0 bridgehead atoms. The fourth-order valence-corrected chi connectivity index (χ4v) is 2.63. The molecule has 4 heteroatoms. The molecule has 0 amide bonds. The third-order valence-electron chi connectivity index (χ3n) is 3.83. The maximum atomic E-state index is 13.2. The monoisotopic (exact) mass is 267 g/mol. The highest BCUT2D eigenvalue weighted by Crippen LogP contribution is 2.25. The Balaban J connectivity index is 2.25. The molecule has 2 rings (SSSR count). The molecule has 2 nitrogen and oxygen atoms in total. The van der Waals surface area contributed by atoms with Crippen molar-refractivity contribution < 1.29 is 13.6 Å². The van der Waals surface area contributed by atoms with Crippen molar-refractivity contribution in [2.45, 2.75) is 38.6 Å². The van der Waals surface area contributed by atoms with Crippen molar-refractivity contribution in [2.75, 3.05) is 13.1 Å². The minimum Gasteiger partial charge on any atom is -0.292 e. The van der Waals surface area contributed by atoms with Gasteiger partial charge in [0, 0.05) is 11.6 Å². The van der Waals surface area contributed by atoms with E-state index in [4.69, 9.17) is 0 Å². The lowest BCUT2D eigenvalue weighted by Crippen LogP contribution is -2.52. The molecular formula is C15H19F2NO. The van der Waals surface area contributed by atoms with Crippen LogP contribution in [0.5, 0.6) is 0 Å². The molecule has 0 aromatic heterocycles. The van der Waals surface area contributed by atoms with Crippen molar-refractivity contribution in [2.24, 2.45) is 0 Å². The number of Topliss-reactive ketones (excluding diaryl/α,β-unsaturated/α-hetero) is 1. The van der Waals surface area contributed by atoms with E-state index in [9.17, 15) is 13.6 Å². The topological polar surface area (TPSA) is 20.3 Å². The van der Waals surface area contributed by atoms with Crippen molar-refractivity contribution in [3.8, 4) is 0 Å². The van der Waals surface area contributed by atoms with Gasteiger partial charge in [0.1, 0.15) is 11.6 Å². The summed E-state index contributed by atoms with van der Waals surface area (Å²) in [5.41, 5.74) is -0.617. The summed E-state index contributed by atoms with van der Waals surface area (Å²) in [5.74, 6) is -1.65. The molecule has 0 saturated carbocycles. The van der Waals surface area contributed by atoms with E-state index in [2.05, 4.69) is 4.90 Å². The Morgan fingerprint density at radius 3 is 2.11 bits per heavy atom. The molecule has 0 unspecified atom stereocenters.